The molecule has 0 saturated heterocycles. The number of aryl methyl sites for hydroxylation is 2. The quantitative estimate of drug-likeness (QED) is 0.895. The molecule has 1 saturated carbocycles. The fraction of sp³-hybridized carbons (Fsp3) is 0.529. The van der Waals surface area contributed by atoms with Gasteiger partial charge in [0.25, 0.3) is 0 Å². The summed E-state index contributed by atoms with van der Waals surface area (Å²) >= 11 is 0. The summed E-state index contributed by atoms with van der Waals surface area (Å²) < 4.78 is 0. The Bertz CT molecular complexity index is 525. The first-order valence-corrected chi connectivity index (χ1v) is 7.54. The zero-order valence-corrected chi connectivity index (χ0v) is 12.7. The fourth-order valence-corrected chi connectivity index (χ4v) is 3.15. The van der Waals surface area contributed by atoms with E-state index in [-0.39, 0.29) is 12.3 Å². The zero-order chi connectivity index (χ0) is 15.5. The third-order valence-electron chi connectivity index (χ3n) is 4.48. The highest BCUT2D eigenvalue weighted by Crippen LogP contribution is 2.28. The topological polar surface area (TPSA) is 66.4 Å². The van der Waals surface area contributed by atoms with Gasteiger partial charge in [0.05, 0.1) is 6.42 Å². The summed E-state index contributed by atoms with van der Waals surface area (Å²) in [6.07, 6.45) is 4.06. The number of carbonyl (C=O) groups is 2. The molecular weight excluding hydrogens is 266 g/mol. The third kappa shape index (κ3) is 3.43. The molecule has 0 aromatic heterocycles. The summed E-state index contributed by atoms with van der Waals surface area (Å²) in [4.78, 5) is 23.9. The van der Waals surface area contributed by atoms with Gasteiger partial charge in [-0.1, -0.05) is 37.5 Å². The van der Waals surface area contributed by atoms with Crippen molar-refractivity contribution in [3.63, 3.8) is 0 Å². The second-order valence-electron chi connectivity index (χ2n) is 6.04. The number of hydrogen-bond donors (Lipinski definition) is 2. The number of rotatable bonds is 4. The molecule has 1 aliphatic rings. The Kier molecular flexibility index (Phi) is 4.66. The van der Waals surface area contributed by atoms with Gasteiger partial charge in [0.2, 0.25) is 5.91 Å². The Hall–Kier alpha value is -1.84. The van der Waals surface area contributed by atoms with Crippen LogP contribution in [0.15, 0.2) is 18.2 Å². The van der Waals surface area contributed by atoms with Crippen molar-refractivity contribution >= 4 is 11.9 Å². The lowest BCUT2D eigenvalue weighted by Gasteiger charge is -2.34. The monoisotopic (exact) mass is 289 g/mol. The molecule has 0 radical (unpaired) electrons. The smallest absolute Gasteiger partial charge is 0.329 e. The van der Waals surface area contributed by atoms with Gasteiger partial charge in [0, 0.05) is 0 Å². The van der Waals surface area contributed by atoms with Gasteiger partial charge < -0.3 is 10.4 Å². The van der Waals surface area contributed by atoms with Gasteiger partial charge in [-0.2, -0.15) is 0 Å². The van der Waals surface area contributed by atoms with Gasteiger partial charge in [-0.15, -0.1) is 0 Å². The van der Waals surface area contributed by atoms with Gasteiger partial charge in [-0.25, -0.2) is 4.79 Å². The van der Waals surface area contributed by atoms with E-state index in [9.17, 15) is 14.7 Å². The van der Waals surface area contributed by atoms with Crippen molar-refractivity contribution in [1.82, 2.24) is 5.32 Å². The van der Waals surface area contributed by atoms with Crippen molar-refractivity contribution in [3.05, 3.63) is 34.9 Å². The van der Waals surface area contributed by atoms with Crippen LogP contribution >= 0.6 is 0 Å². The van der Waals surface area contributed by atoms with Crippen molar-refractivity contribution < 1.29 is 14.7 Å². The Morgan fingerprint density at radius 1 is 1.14 bits per heavy atom. The van der Waals surface area contributed by atoms with E-state index in [4.69, 9.17) is 0 Å². The van der Waals surface area contributed by atoms with E-state index in [1.54, 1.807) is 0 Å². The van der Waals surface area contributed by atoms with Gasteiger partial charge in [0.1, 0.15) is 5.54 Å². The maximum atomic E-state index is 12.3. The lowest BCUT2D eigenvalue weighted by molar-refractivity contribution is -0.149. The minimum Gasteiger partial charge on any atom is -0.480 e. The van der Waals surface area contributed by atoms with Crippen LogP contribution < -0.4 is 5.32 Å². The van der Waals surface area contributed by atoms with E-state index in [1.807, 2.05) is 32.0 Å². The standard InChI is InChI=1S/C17H23NO3/c1-12-7-6-8-13(2)14(12)11-15(19)18-17(16(20)21)9-4-3-5-10-17/h6-8H,3-5,9-11H2,1-2H3,(H,18,19)(H,20,21). The highest BCUT2D eigenvalue weighted by molar-refractivity contribution is 5.88. The van der Waals surface area contributed by atoms with E-state index in [0.717, 1.165) is 36.0 Å². The second kappa shape index (κ2) is 6.29. The van der Waals surface area contributed by atoms with E-state index in [1.165, 1.54) is 0 Å². The molecule has 1 aliphatic carbocycles. The van der Waals surface area contributed by atoms with Gasteiger partial charge in [-0.3, -0.25) is 4.79 Å². The van der Waals surface area contributed by atoms with Crippen molar-refractivity contribution in [2.45, 2.75) is 57.9 Å². The third-order valence-corrected chi connectivity index (χ3v) is 4.48. The minimum atomic E-state index is -1.06. The molecule has 0 atom stereocenters. The van der Waals surface area contributed by atoms with Crippen molar-refractivity contribution in [1.29, 1.82) is 0 Å². The maximum Gasteiger partial charge on any atom is 0.329 e. The van der Waals surface area contributed by atoms with Crippen LogP contribution in [0.4, 0.5) is 0 Å². The Morgan fingerprint density at radius 3 is 2.24 bits per heavy atom. The maximum absolute atomic E-state index is 12.3. The van der Waals surface area contributed by atoms with Crippen molar-refractivity contribution in [3.8, 4) is 0 Å². The first-order valence-electron chi connectivity index (χ1n) is 7.54. The molecule has 0 unspecified atom stereocenters. The highest BCUT2D eigenvalue weighted by atomic mass is 16.4. The van der Waals surface area contributed by atoms with Gasteiger partial charge in [-0.05, 0) is 43.4 Å². The Labute approximate surface area is 125 Å². The molecule has 0 aliphatic heterocycles. The predicted octanol–water partition coefficient (Wildman–Crippen LogP) is 2.75. The van der Waals surface area contributed by atoms with E-state index < -0.39 is 11.5 Å². The number of carboxylic acid groups (broad SMARTS) is 1. The lowest BCUT2D eigenvalue weighted by Crippen LogP contribution is -2.56. The number of benzene rings is 1. The van der Waals surface area contributed by atoms with Crippen LogP contribution in [0.25, 0.3) is 0 Å². The Balaban J connectivity index is 2.11. The molecule has 0 heterocycles. The molecule has 21 heavy (non-hydrogen) atoms. The van der Waals surface area contributed by atoms with Crippen LogP contribution in [-0.4, -0.2) is 22.5 Å². The van der Waals surface area contributed by atoms with Crippen LogP contribution in [0.3, 0.4) is 0 Å². The Morgan fingerprint density at radius 2 is 1.71 bits per heavy atom. The average Bonchev–Trinajstić information content (AvgIpc) is 2.44. The molecule has 2 N–H and O–H groups in total. The summed E-state index contributed by atoms with van der Waals surface area (Å²) in [6.45, 7) is 3.95. The largest absolute Gasteiger partial charge is 0.480 e. The molecule has 1 aromatic carbocycles. The predicted molar refractivity (Wildman–Crippen MR) is 81.2 cm³/mol. The van der Waals surface area contributed by atoms with E-state index >= 15 is 0 Å². The lowest BCUT2D eigenvalue weighted by atomic mass is 9.81. The van der Waals surface area contributed by atoms with Crippen molar-refractivity contribution in [2.75, 3.05) is 0 Å². The summed E-state index contributed by atoms with van der Waals surface area (Å²) in [6, 6.07) is 5.92. The van der Waals surface area contributed by atoms with Crippen LogP contribution in [0.2, 0.25) is 0 Å². The van der Waals surface area contributed by atoms with Crippen LogP contribution in [-0.2, 0) is 16.0 Å². The summed E-state index contributed by atoms with van der Waals surface area (Å²) in [7, 11) is 0. The average molecular weight is 289 g/mol. The van der Waals surface area contributed by atoms with Gasteiger partial charge >= 0.3 is 5.97 Å². The second-order valence-corrected chi connectivity index (χ2v) is 6.04. The molecule has 0 spiro atoms. The first kappa shape index (κ1) is 15.5. The number of carboxylic acids is 1. The summed E-state index contributed by atoms with van der Waals surface area (Å²) in [5, 5.41) is 12.3. The van der Waals surface area contributed by atoms with E-state index in [2.05, 4.69) is 5.32 Å². The fourth-order valence-electron chi connectivity index (χ4n) is 3.15. The number of hydrogen-bond acceptors (Lipinski definition) is 2. The van der Waals surface area contributed by atoms with Gasteiger partial charge in [0.15, 0.2) is 0 Å². The molecule has 1 amide bonds. The zero-order valence-electron chi connectivity index (χ0n) is 12.7. The number of aliphatic carboxylic acids is 1. The van der Waals surface area contributed by atoms with Crippen molar-refractivity contribution in [2.24, 2.45) is 0 Å². The molecule has 1 fully saturated rings. The molecule has 114 valence electrons. The van der Waals surface area contributed by atoms with E-state index in [0.29, 0.717) is 12.8 Å². The summed E-state index contributed by atoms with van der Waals surface area (Å²) in [5.41, 5.74) is 2.06. The molecule has 0 bridgehead atoms. The summed E-state index contributed by atoms with van der Waals surface area (Å²) in [5.74, 6) is -1.10. The number of nitrogens with one attached hydrogen (secondary N) is 1. The molecule has 2 rings (SSSR count). The first-order chi connectivity index (χ1) is 9.94. The van der Waals surface area contributed by atoms with Crippen LogP contribution in [0.1, 0.15) is 48.8 Å². The highest BCUT2D eigenvalue weighted by Gasteiger charge is 2.40. The molecular formula is C17H23NO3. The molecule has 4 nitrogen and oxygen atoms in total. The molecule has 1 aromatic rings. The number of carbonyl (C=O) groups excluding carboxylic acids is 1. The SMILES string of the molecule is Cc1cccc(C)c1CC(=O)NC1(C(=O)O)CCCCC1. The van der Waals surface area contributed by atoms with Crippen LogP contribution in [0.5, 0.6) is 0 Å². The molecule has 4 heteroatoms. The minimum absolute atomic E-state index is 0.197. The normalized spacial score (nSPS) is 17.2. The number of amides is 1. The van der Waals surface area contributed by atoms with Crippen LogP contribution in [0, 0.1) is 13.8 Å².